The number of hydrogen-bond acceptors (Lipinski definition) is 2. The molecule has 1 heterocycles. The van der Waals surface area contributed by atoms with Crippen LogP contribution in [0.4, 0.5) is 8.78 Å². The second-order valence-corrected chi connectivity index (χ2v) is 6.86. The van der Waals surface area contributed by atoms with Crippen LogP contribution in [-0.2, 0) is 11.2 Å². The molecule has 120 valence electrons. The van der Waals surface area contributed by atoms with Gasteiger partial charge in [0.05, 0.1) is 12.5 Å². The Morgan fingerprint density at radius 3 is 2.91 bits per heavy atom. The van der Waals surface area contributed by atoms with Gasteiger partial charge >= 0.3 is 0 Å². The summed E-state index contributed by atoms with van der Waals surface area (Å²) in [5.74, 6) is -0.325. The highest BCUT2D eigenvalue weighted by atomic mass is 35.5. The van der Waals surface area contributed by atoms with Crippen molar-refractivity contribution in [1.82, 2.24) is 5.32 Å². The maximum atomic E-state index is 13.8. The molecular weight excluding hydrogens is 340 g/mol. The molecule has 23 heavy (non-hydrogen) atoms. The van der Waals surface area contributed by atoms with E-state index in [9.17, 15) is 13.6 Å². The number of fused-ring (bicyclic) bond motifs is 1. The van der Waals surface area contributed by atoms with Crippen LogP contribution in [-0.4, -0.2) is 11.7 Å². The molecule has 0 aromatic heterocycles. The Labute approximate surface area is 142 Å². The SMILES string of the molecule is O=C(Cc1c(F)cccc1Cl)N[C@@H]1CCSc2ccc(F)cc21. The van der Waals surface area contributed by atoms with Crippen LogP contribution < -0.4 is 5.32 Å². The Bertz CT molecular complexity index is 733. The number of hydrogen-bond donors (Lipinski definition) is 1. The summed E-state index contributed by atoms with van der Waals surface area (Å²) in [5.41, 5.74) is 0.950. The number of rotatable bonds is 3. The van der Waals surface area contributed by atoms with Gasteiger partial charge in [0.25, 0.3) is 0 Å². The molecule has 0 fully saturated rings. The second-order valence-electron chi connectivity index (χ2n) is 5.32. The molecule has 0 unspecified atom stereocenters. The molecule has 2 nitrogen and oxygen atoms in total. The number of halogens is 3. The van der Waals surface area contributed by atoms with Gasteiger partial charge in [-0.1, -0.05) is 17.7 Å². The van der Waals surface area contributed by atoms with E-state index in [4.69, 9.17) is 11.6 Å². The Morgan fingerprint density at radius 1 is 1.30 bits per heavy atom. The van der Waals surface area contributed by atoms with E-state index >= 15 is 0 Å². The van der Waals surface area contributed by atoms with Gasteiger partial charge in [0.15, 0.2) is 0 Å². The van der Waals surface area contributed by atoms with Gasteiger partial charge in [-0.25, -0.2) is 8.78 Å². The first-order chi connectivity index (χ1) is 11.0. The third kappa shape index (κ3) is 3.67. The molecule has 0 spiro atoms. The molecule has 6 heteroatoms. The van der Waals surface area contributed by atoms with Crippen LogP contribution in [0.5, 0.6) is 0 Å². The minimum absolute atomic E-state index is 0.139. The molecule has 0 bridgehead atoms. The number of carbonyl (C=O) groups excluding carboxylic acids is 1. The molecule has 1 atom stereocenters. The molecule has 1 aliphatic rings. The number of benzene rings is 2. The van der Waals surface area contributed by atoms with E-state index in [0.29, 0.717) is 6.42 Å². The Hall–Kier alpha value is -1.59. The summed E-state index contributed by atoms with van der Waals surface area (Å²) in [6, 6.07) is 8.64. The topological polar surface area (TPSA) is 29.1 Å². The van der Waals surface area contributed by atoms with Crippen LogP contribution in [0.2, 0.25) is 5.02 Å². The van der Waals surface area contributed by atoms with E-state index in [1.807, 2.05) is 0 Å². The van der Waals surface area contributed by atoms with E-state index in [1.54, 1.807) is 23.9 Å². The average Bonchev–Trinajstić information content (AvgIpc) is 2.52. The summed E-state index contributed by atoms with van der Waals surface area (Å²) in [6.07, 6.45) is 0.567. The van der Waals surface area contributed by atoms with E-state index in [-0.39, 0.29) is 34.8 Å². The minimum Gasteiger partial charge on any atom is -0.349 e. The zero-order valence-corrected chi connectivity index (χ0v) is 13.7. The highest BCUT2D eigenvalue weighted by Crippen LogP contribution is 2.36. The Balaban J connectivity index is 1.76. The van der Waals surface area contributed by atoms with Crippen LogP contribution >= 0.6 is 23.4 Å². The van der Waals surface area contributed by atoms with E-state index in [0.717, 1.165) is 16.2 Å². The summed E-state index contributed by atoms with van der Waals surface area (Å²) in [7, 11) is 0. The summed E-state index contributed by atoms with van der Waals surface area (Å²) in [5, 5.41) is 3.09. The standard InChI is InChI=1S/C17H14ClF2NOS/c18-13-2-1-3-14(20)11(13)9-17(22)21-15-6-7-23-16-5-4-10(19)8-12(15)16/h1-5,8,15H,6-7,9H2,(H,21,22)/t15-/m1/s1. The van der Waals surface area contributed by atoms with Crippen molar-refractivity contribution < 1.29 is 13.6 Å². The Morgan fingerprint density at radius 2 is 2.13 bits per heavy atom. The largest absolute Gasteiger partial charge is 0.349 e. The quantitative estimate of drug-likeness (QED) is 0.879. The fourth-order valence-electron chi connectivity index (χ4n) is 2.62. The lowest BCUT2D eigenvalue weighted by Gasteiger charge is -2.26. The molecule has 0 radical (unpaired) electrons. The number of nitrogens with one attached hydrogen (secondary N) is 1. The van der Waals surface area contributed by atoms with Crippen molar-refractivity contribution in [3.8, 4) is 0 Å². The van der Waals surface area contributed by atoms with E-state index < -0.39 is 5.82 Å². The molecule has 1 amide bonds. The maximum Gasteiger partial charge on any atom is 0.225 e. The second kappa shape index (κ2) is 6.89. The van der Waals surface area contributed by atoms with E-state index in [1.165, 1.54) is 24.3 Å². The van der Waals surface area contributed by atoms with Gasteiger partial charge in [0.2, 0.25) is 5.91 Å². The van der Waals surface area contributed by atoms with Crippen molar-refractivity contribution in [1.29, 1.82) is 0 Å². The summed E-state index contributed by atoms with van der Waals surface area (Å²) in [6.45, 7) is 0. The maximum absolute atomic E-state index is 13.8. The lowest BCUT2D eigenvalue weighted by atomic mass is 10.0. The molecule has 0 saturated heterocycles. The third-order valence-corrected chi connectivity index (χ3v) is 5.22. The molecule has 1 N–H and O–H groups in total. The van der Waals surface area contributed by atoms with E-state index in [2.05, 4.69) is 5.32 Å². The van der Waals surface area contributed by atoms with Gasteiger partial charge in [0, 0.05) is 21.2 Å². The summed E-state index contributed by atoms with van der Waals surface area (Å²) < 4.78 is 27.2. The van der Waals surface area contributed by atoms with Gasteiger partial charge in [-0.15, -0.1) is 11.8 Å². The highest BCUT2D eigenvalue weighted by Gasteiger charge is 2.23. The van der Waals surface area contributed by atoms with Gasteiger partial charge in [-0.3, -0.25) is 4.79 Å². The van der Waals surface area contributed by atoms with Crippen molar-refractivity contribution in [3.05, 3.63) is 64.2 Å². The number of amides is 1. The van der Waals surface area contributed by atoms with Gasteiger partial charge < -0.3 is 5.32 Å². The van der Waals surface area contributed by atoms with Crippen LogP contribution in [0.1, 0.15) is 23.6 Å². The highest BCUT2D eigenvalue weighted by molar-refractivity contribution is 7.99. The minimum atomic E-state index is -0.502. The molecule has 1 aliphatic heterocycles. The number of thioether (sulfide) groups is 1. The van der Waals surface area contributed by atoms with Crippen molar-refractivity contribution in [2.24, 2.45) is 0 Å². The predicted octanol–water partition coefficient (Wildman–Crippen LogP) is 4.51. The van der Waals surface area contributed by atoms with Crippen LogP contribution in [0.15, 0.2) is 41.3 Å². The summed E-state index contributed by atoms with van der Waals surface area (Å²) in [4.78, 5) is 13.2. The Kier molecular flexibility index (Phi) is 4.87. The molecule has 0 saturated carbocycles. The fourth-order valence-corrected chi connectivity index (χ4v) is 3.96. The molecule has 2 aromatic carbocycles. The van der Waals surface area contributed by atoms with Crippen LogP contribution in [0.25, 0.3) is 0 Å². The zero-order valence-electron chi connectivity index (χ0n) is 12.1. The van der Waals surface area contributed by atoms with Crippen LogP contribution in [0.3, 0.4) is 0 Å². The van der Waals surface area contributed by atoms with Crippen molar-refractivity contribution in [2.75, 3.05) is 5.75 Å². The smallest absolute Gasteiger partial charge is 0.225 e. The van der Waals surface area contributed by atoms with Gasteiger partial charge in [0.1, 0.15) is 11.6 Å². The van der Waals surface area contributed by atoms with Crippen molar-refractivity contribution >= 4 is 29.3 Å². The van der Waals surface area contributed by atoms with Gasteiger partial charge in [-0.2, -0.15) is 0 Å². The summed E-state index contributed by atoms with van der Waals surface area (Å²) >= 11 is 7.58. The lowest BCUT2D eigenvalue weighted by molar-refractivity contribution is -0.121. The first-order valence-electron chi connectivity index (χ1n) is 7.19. The first-order valence-corrected chi connectivity index (χ1v) is 8.55. The average molecular weight is 354 g/mol. The third-order valence-electron chi connectivity index (χ3n) is 3.75. The lowest BCUT2D eigenvalue weighted by Crippen LogP contribution is -2.32. The van der Waals surface area contributed by atoms with Crippen molar-refractivity contribution in [2.45, 2.75) is 23.8 Å². The molecule has 2 aromatic rings. The molecule has 3 rings (SSSR count). The fraction of sp³-hybridized carbons (Fsp3) is 0.235. The first kappa shape index (κ1) is 16.3. The van der Waals surface area contributed by atoms with Crippen LogP contribution in [0, 0.1) is 11.6 Å². The monoisotopic (exact) mass is 353 g/mol. The molecule has 0 aliphatic carbocycles. The molecular formula is C17H14ClF2NOS. The normalized spacial score (nSPS) is 16.7. The predicted molar refractivity (Wildman–Crippen MR) is 87.7 cm³/mol. The zero-order chi connectivity index (χ0) is 16.4. The number of carbonyl (C=O) groups is 1. The van der Waals surface area contributed by atoms with Crippen molar-refractivity contribution in [3.63, 3.8) is 0 Å². The van der Waals surface area contributed by atoms with Gasteiger partial charge in [-0.05, 0) is 42.3 Å².